The van der Waals surface area contributed by atoms with Crippen molar-refractivity contribution in [1.29, 1.82) is 0 Å². The molecule has 0 spiro atoms. The molecule has 0 saturated heterocycles. The molecule has 6 heteroatoms. The van der Waals surface area contributed by atoms with Gasteiger partial charge in [0.25, 0.3) is 0 Å². The van der Waals surface area contributed by atoms with E-state index in [0.29, 0.717) is 11.4 Å². The highest BCUT2D eigenvalue weighted by atomic mass is 16.4. The third-order valence-electron chi connectivity index (χ3n) is 2.02. The van der Waals surface area contributed by atoms with E-state index >= 15 is 0 Å². The number of carboxylic acid groups (broad SMARTS) is 1. The summed E-state index contributed by atoms with van der Waals surface area (Å²) in [6.45, 7) is 5.75. The fourth-order valence-electron chi connectivity index (χ4n) is 1.32. The molecule has 1 rings (SSSR count). The van der Waals surface area contributed by atoms with Gasteiger partial charge in [-0.1, -0.05) is 0 Å². The molecule has 1 aromatic heterocycles. The van der Waals surface area contributed by atoms with Gasteiger partial charge in [-0.3, -0.25) is 4.79 Å². The van der Waals surface area contributed by atoms with E-state index in [0.717, 1.165) is 0 Å². The van der Waals surface area contributed by atoms with E-state index in [1.54, 1.807) is 4.68 Å². The van der Waals surface area contributed by atoms with Crippen molar-refractivity contribution in [3.63, 3.8) is 0 Å². The van der Waals surface area contributed by atoms with Crippen molar-refractivity contribution in [2.45, 2.75) is 32.7 Å². The number of carboxylic acids is 1. The first-order valence-corrected chi connectivity index (χ1v) is 4.58. The third-order valence-corrected chi connectivity index (χ3v) is 2.02. The summed E-state index contributed by atoms with van der Waals surface area (Å²) in [4.78, 5) is 10.6. The molecule has 0 amide bonds. The molecule has 0 aliphatic carbocycles. The van der Waals surface area contributed by atoms with Gasteiger partial charge >= 0.3 is 5.97 Å². The second-order valence-corrected chi connectivity index (χ2v) is 4.40. The molecule has 6 nitrogen and oxygen atoms in total. The van der Waals surface area contributed by atoms with Crippen LogP contribution in [-0.2, 0) is 16.8 Å². The molecule has 5 N–H and O–H groups in total. The lowest BCUT2D eigenvalue weighted by Crippen LogP contribution is -2.25. The topological polar surface area (TPSA) is 107 Å². The van der Waals surface area contributed by atoms with Crippen LogP contribution >= 0.6 is 0 Å². The van der Waals surface area contributed by atoms with Gasteiger partial charge < -0.3 is 16.6 Å². The lowest BCUT2D eigenvalue weighted by molar-refractivity contribution is -0.136. The number of carbonyl (C=O) groups is 1. The van der Waals surface area contributed by atoms with Crippen molar-refractivity contribution in [2.24, 2.45) is 0 Å². The Balaban J connectivity index is 3.21. The molecule has 15 heavy (non-hydrogen) atoms. The van der Waals surface area contributed by atoms with Crippen LogP contribution in [0.15, 0.2) is 0 Å². The summed E-state index contributed by atoms with van der Waals surface area (Å²) >= 11 is 0. The van der Waals surface area contributed by atoms with Gasteiger partial charge in [0.2, 0.25) is 0 Å². The average molecular weight is 212 g/mol. The molecule has 0 radical (unpaired) electrons. The standard InChI is InChI=1S/C9H16N4O2/c1-9(2,3)13-8(11)5(4-6(14)15)7(10)12-13/h4,11H2,1-3H3,(H2,10,12)(H,14,15). The van der Waals surface area contributed by atoms with E-state index in [-0.39, 0.29) is 17.8 Å². The zero-order valence-electron chi connectivity index (χ0n) is 9.11. The predicted octanol–water partition coefficient (Wildman–Crippen LogP) is 0.430. The minimum absolute atomic E-state index is 0.185. The Hall–Kier alpha value is -1.72. The van der Waals surface area contributed by atoms with Crippen LogP contribution in [0.25, 0.3) is 0 Å². The normalized spacial score (nSPS) is 11.7. The number of aromatic nitrogens is 2. The van der Waals surface area contributed by atoms with Crippen LogP contribution in [0.5, 0.6) is 0 Å². The fourth-order valence-corrected chi connectivity index (χ4v) is 1.32. The van der Waals surface area contributed by atoms with Gasteiger partial charge in [0, 0.05) is 5.56 Å². The Labute approximate surface area is 87.9 Å². The van der Waals surface area contributed by atoms with Crippen LogP contribution in [-0.4, -0.2) is 20.9 Å². The van der Waals surface area contributed by atoms with Gasteiger partial charge in [0.05, 0.1) is 12.0 Å². The highest BCUT2D eigenvalue weighted by Gasteiger charge is 2.23. The summed E-state index contributed by atoms with van der Waals surface area (Å²) in [6.07, 6.45) is -0.201. The van der Waals surface area contributed by atoms with Gasteiger partial charge in [-0.05, 0) is 20.8 Å². The van der Waals surface area contributed by atoms with Gasteiger partial charge in [0.1, 0.15) is 5.82 Å². The summed E-state index contributed by atoms with van der Waals surface area (Å²) in [5.74, 6) is -0.464. The van der Waals surface area contributed by atoms with Crippen LogP contribution in [0.2, 0.25) is 0 Å². The molecular weight excluding hydrogens is 196 g/mol. The first-order chi connectivity index (χ1) is 6.73. The Morgan fingerprint density at radius 1 is 1.47 bits per heavy atom. The molecule has 1 heterocycles. The van der Waals surface area contributed by atoms with Crippen molar-refractivity contribution < 1.29 is 9.90 Å². The second kappa shape index (κ2) is 3.45. The number of hydrogen-bond acceptors (Lipinski definition) is 4. The molecule has 0 aromatic carbocycles. The number of rotatable bonds is 2. The van der Waals surface area contributed by atoms with Crippen molar-refractivity contribution >= 4 is 17.6 Å². The number of aliphatic carboxylic acids is 1. The van der Waals surface area contributed by atoms with Gasteiger partial charge in [-0.2, -0.15) is 5.10 Å². The third kappa shape index (κ3) is 2.20. The fraction of sp³-hybridized carbons (Fsp3) is 0.556. The summed E-state index contributed by atoms with van der Waals surface area (Å²) < 4.78 is 1.54. The molecule has 1 aromatic rings. The average Bonchev–Trinajstić information content (AvgIpc) is 2.30. The van der Waals surface area contributed by atoms with Crippen molar-refractivity contribution in [1.82, 2.24) is 9.78 Å². The lowest BCUT2D eigenvalue weighted by atomic mass is 10.1. The van der Waals surface area contributed by atoms with E-state index in [1.165, 1.54) is 0 Å². The summed E-state index contributed by atoms with van der Waals surface area (Å²) in [7, 11) is 0. The molecule has 0 aliphatic rings. The summed E-state index contributed by atoms with van der Waals surface area (Å²) in [5.41, 5.74) is 11.5. The second-order valence-electron chi connectivity index (χ2n) is 4.40. The molecule has 0 atom stereocenters. The van der Waals surface area contributed by atoms with E-state index in [2.05, 4.69) is 5.10 Å². The minimum Gasteiger partial charge on any atom is -0.481 e. The zero-order valence-corrected chi connectivity index (χ0v) is 9.11. The molecule has 0 unspecified atom stereocenters. The molecule has 0 aliphatic heterocycles. The van der Waals surface area contributed by atoms with Crippen LogP contribution in [0.4, 0.5) is 11.6 Å². The first-order valence-electron chi connectivity index (χ1n) is 4.58. The zero-order chi connectivity index (χ0) is 11.8. The molecular formula is C9H16N4O2. The Kier molecular flexibility index (Phi) is 2.61. The minimum atomic E-state index is -0.971. The maximum Gasteiger partial charge on any atom is 0.308 e. The maximum absolute atomic E-state index is 10.6. The number of anilines is 2. The van der Waals surface area contributed by atoms with Crippen LogP contribution < -0.4 is 11.5 Å². The van der Waals surface area contributed by atoms with E-state index < -0.39 is 5.97 Å². The molecule has 0 bridgehead atoms. The molecule has 84 valence electrons. The van der Waals surface area contributed by atoms with E-state index in [9.17, 15) is 4.79 Å². The first kappa shape index (κ1) is 11.4. The van der Waals surface area contributed by atoms with Crippen LogP contribution in [0, 0.1) is 0 Å². The monoisotopic (exact) mass is 212 g/mol. The maximum atomic E-state index is 10.6. The van der Waals surface area contributed by atoms with E-state index in [4.69, 9.17) is 16.6 Å². The predicted molar refractivity (Wildman–Crippen MR) is 57.4 cm³/mol. The highest BCUT2D eigenvalue weighted by molar-refractivity contribution is 5.75. The lowest BCUT2D eigenvalue weighted by Gasteiger charge is -2.20. The van der Waals surface area contributed by atoms with Gasteiger partial charge in [0.15, 0.2) is 5.82 Å². The molecule has 0 saturated carbocycles. The van der Waals surface area contributed by atoms with Gasteiger partial charge in [-0.15, -0.1) is 0 Å². The van der Waals surface area contributed by atoms with Crippen LogP contribution in [0.3, 0.4) is 0 Å². The SMILES string of the molecule is CC(C)(C)n1nc(N)c(CC(=O)O)c1N. The molecule has 0 fully saturated rings. The number of nitrogens with zero attached hydrogens (tertiary/aromatic N) is 2. The van der Waals surface area contributed by atoms with E-state index in [1.807, 2.05) is 20.8 Å². The van der Waals surface area contributed by atoms with Crippen molar-refractivity contribution in [2.75, 3.05) is 11.5 Å². The largest absolute Gasteiger partial charge is 0.481 e. The smallest absolute Gasteiger partial charge is 0.308 e. The Bertz CT molecular complexity index is 390. The summed E-state index contributed by atoms with van der Waals surface area (Å²) in [6, 6.07) is 0. The number of nitrogens with two attached hydrogens (primary N) is 2. The van der Waals surface area contributed by atoms with Gasteiger partial charge in [-0.25, -0.2) is 4.68 Å². The quantitative estimate of drug-likeness (QED) is 0.659. The van der Waals surface area contributed by atoms with Crippen molar-refractivity contribution in [3.05, 3.63) is 5.56 Å². The highest BCUT2D eigenvalue weighted by Crippen LogP contribution is 2.25. The van der Waals surface area contributed by atoms with Crippen LogP contribution in [0.1, 0.15) is 26.3 Å². The number of hydrogen-bond donors (Lipinski definition) is 3. The Morgan fingerprint density at radius 2 is 2.00 bits per heavy atom. The number of nitrogen functional groups attached to an aromatic ring is 2. The Morgan fingerprint density at radius 3 is 2.33 bits per heavy atom. The summed E-state index contributed by atoms with van der Waals surface area (Å²) in [5, 5.41) is 12.7. The van der Waals surface area contributed by atoms with Crippen molar-refractivity contribution in [3.8, 4) is 0 Å².